The van der Waals surface area contributed by atoms with Gasteiger partial charge in [-0.3, -0.25) is 9.88 Å². The van der Waals surface area contributed by atoms with E-state index in [1.54, 1.807) is 18.3 Å². The Morgan fingerprint density at radius 1 is 1.38 bits per heavy atom. The SMILES string of the molecule is C[C@@H](Cc1ccccn1)N(C)Cc1cc(Cl)ccc1OCC(=O)O. The monoisotopic (exact) mass is 348 g/mol. The van der Waals surface area contributed by atoms with Gasteiger partial charge in [0.05, 0.1) is 0 Å². The number of aliphatic carboxylic acids is 1. The van der Waals surface area contributed by atoms with Gasteiger partial charge >= 0.3 is 5.97 Å². The molecule has 0 saturated heterocycles. The largest absolute Gasteiger partial charge is 0.482 e. The molecule has 0 amide bonds. The number of likely N-dealkylation sites (N-methyl/N-ethyl adjacent to an activating group) is 1. The molecule has 128 valence electrons. The van der Waals surface area contributed by atoms with E-state index in [1.807, 2.05) is 31.3 Å². The molecule has 2 rings (SSSR count). The van der Waals surface area contributed by atoms with Gasteiger partial charge in [0, 0.05) is 41.5 Å². The number of hydrogen-bond acceptors (Lipinski definition) is 4. The lowest BCUT2D eigenvalue weighted by Gasteiger charge is -2.25. The third-order valence-electron chi connectivity index (χ3n) is 3.78. The molecule has 0 aliphatic rings. The molecule has 1 heterocycles. The predicted molar refractivity (Wildman–Crippen MR) is 93.5 cm³/mol. The average Bonchev–Trinajstić information content (AvgIpc) is 2.54. The highest BCUT2D eigenvalue weighted by Crippen LogP contribution is 2.25. The first-order valence-corrected chi connectivity index (χ1v) is 8.06. The van der Waals surface area contributed by atoms with Gasteiger partial charge in [0.15, 0.2) is 6.61 Å². The molecule has 0 spiro atoms. The molecule has 0 unspecified atom stereocenters. The number of ether oxygens (including phenoxy) is 1. The van der Waals surface area contributed by atoms with Crippen LogP contribution >= 0.6 is 11.6 Å². The first-order chi connectivity index (χ1) is 11.5. The standard InChI is InChI=1S/C18H21ClN2O3/c1-13(9-16-5-3-4-8-20-16)21(2)11-14-10-15(19)6-7-17(14)24-12-18(22)23/h3-8,10,13H,9,11-12H2,1-2H3,(H,22,23)/t13-/m0/s1. The van der Waals surface area contributed by atoms with Crippen LogP contribution in [0.1, 0.15) is 18.2 Å². The minimum Gasteiger partial charge on any atom is -0.482 e. The maximum absolute atomic E-state index is 10.7. The van der Waals surface area contributed by atoms with Gasteiger partial charge in [-0.05, 0) is 44.3 Å². The normalized spacial score (nSPS) is 12.2. The van der Waals surface area contributed by atoms with E-state index in [2.05, 4.69) is 16.8 Å². The fourth-order valence-electron chi connectivity index (χ4n) is 2.35. The van der Waals surface area contributed by atoms with Crippen molar-refractivity contribution >= 4 is 17.6 Å². The fourth-order valence-corrected chi connectivity index (χ4v) is 2.55. The Morgan fingerprint density at radius 2 is 2.17 bits per heavy atom. The van der Waals surface area contributed by atoms with Gasteiger partial charge in [0.25, 0.3) is 0 Å². The number of rotatable bonds is 8. The van der Waals surface area contributed by atoms with Crippen LogP contribution in [0.25, 0.3) is 0 Å². The number of carbonyl (C=O) groups is 1. The van der Waals surface area contributed by atoms with Crippen molar-refractivity contribution in [3.8, 4) is 5.75 Å². The summed E-state index contributed by atoms with van der Waals surface area (Å²) >= 11 is 6.07. The van der Waals surface area contributed by atoms with Crippen LogP contribution in [0.4, 0.5) is 0 Å². The van der Waals surface area contributed by atoms with Gasteiger partial charge in [-0.15, -0.1) is 0 Å². The van der Waals surface area contributed by atoms with Crippen LogP contribution in [0, 0.1) is 0 Å². The summed E-state index contributed by atoms with van der Waals surface area (Å²) in [7, 11) is 2.01. The lowest BCUT2D eigenvalue weighted by atomic mass is 10.1. The number of benzene rings is 1. The third-order valence-corrected chi connectivity index (χ3v) is 4.01. The lowest BCUT2D eigenvalue weighted by molar-refractivity contribution is -0.139. The maximum Gasteiger partial charge on any atom is 0.341 e. The number of carboxylic acid groups (broad SMARTS) is 1. The minimum atomic E-state index is -1.01. The molecule has 5 nitrogen and oxygen atoms in total. The van der Waals surface area contributed by atoms with Crippen molar-refractivity contribution < 1.29 is 14.6 Å². The number of hydrogen-bond donors (Lipinski definition) is 1. The Morgan fingerprint density at radius 3 is 2.83 bits per heavy atom. The quantitative estimate of drug-likeness (QED) is 0.793. The number of aromatic nitrogens is 1. The van der Waals surface area contributed by atoms with Crippen LogP contribution in [-0.2, 0) is 17.8 Å². The van der Waals surface area contributed by atoms with E-state index in [0.29, 0.717) is 17.3 Å². The molecule has 0 aliphatic carbocycles. The lowest BCUT2D eigenvalue weighted by Crippen LogP contribution is -2.31. The Kier molecular flexibility index (Phi) is 6.58. The average molecular weight is 349 g/mol. The van der Waals surface area contributed by atoms with E-state index >= 15 is 0 Å². The van der Waals surface area contributed by atoms with Crippen LogP contribution in [0.3, 0.4) is 0 Å². The summed E-state index contributed by atoms with van der Waals surface area (Å²) in [6.45, 7) is 2.35. The number of halogens is 1. The zero-order chi connectivity index (χ0) is 17.5. The molecule has 0 saturated carbocycles. The molecule has 1 N–H and O–H groups in total. The summed E-state index contributed by atoms with van der Waals surface area (Å²) < 4.78 is 5.36. The van der Waals surface area contributed by atoms with Gasteiger partial charge in [-0.2, -0.15) is 0 Å². The van der Waals surface area contributed by atoms with Crippen molar-refractivity contribution in [2.24, 2.45) is 0 Å². The van der Waals surface area contributed by atoms with Crippen LogP contribution in [0.15, 0.2) is 42.6 Å². The highest BCUT2D eigenvalue weighted by Gasteiger charge is 2.14. The topological polar surface area (TPSA) is 62.7 Å². The summed E-state index contributed by atoms with van der Waals surface area (Å²) in [5.41, 5.74) is 1.89. The molecule has 0 aliphatic heterocycles. The third kappa shape index (κ3) is 5.51. The van der Waals surface area contributed by atoms with Crippen LogP contribution in [0.2, 0.25) is 5.02 Å². The van der Waals surface area contributed by atoms with Crippen molar-refractivity contribution in [2.45, 2.75) is 25.9 Å². The molecule has 0 radical (unpaired) electrons. The molecular formula is C18H21ClN2O3. The van der Waals surface area contributed by atoms with Gasteiger partial charge in [-0.25, -0.2) is 4.79 Å². The van der Waals surface area contributed by atoms with Crippen molar-refractivity contribution in [1.29, 1.82) is 0 Å². The highest BCUT2D eigenvalue weighted by atomic mass is 35.5. The smallest absolute Gasteiger partial charge is 0.341 e. The molecule has 0 bridgehead atoms. The summed E-state index contributed by atoms with van der Waals surface area (Å²) in [6, 6.07) is 11.3. The molecule has 1 aromatic heterocycles. The first-order valence-electron chi connectivity index (χ1n) is 7.69. The molecule has 2 aromatic rings. The molecule has 0 fully saturated rings. The second-order valence-electron chi connectivity index (χ2n) is 5.72. The zero-order valence-electron chi connectivity index (χ0n) is 13.8. The van der Waals surface area contributed by atoms with Gasteiger partial charge in [-0.1, -0.05) is 17.7 Å². The molecule has 6 heteroatoms. The van der Waals surface area contributed by atoms with Gasteiger partial charge < -0.3 is 9.84 Å². The number of nitrogens with zero attached hydrogens (tertiary/aromatic N) is 2. The fraction of sp³-hybridized carbons (Fsp3) is 0.333. The minimum absolute atomic E-state index is 0.256. The van der Waals surface area contributed by atoms with E-state index < -0.39 is 5.97 Å². The van der Waals surface area contributed by atoms with E-state index in [1.165, 1.54) is 0 Å². The van der Waals surface area contributed by atoms with Crippen molar-refractivity contribution in [1.82, 2.24) is 9.88 Å². The van der Waals surface area contributed by atoms with Crippen LogP contribution < -0.4 is 4.74 Å². The van der Waals surface area contributed by atoms with Crippen LogP contribution in [0.5, 0.6) is 5.75 Å². The van der Waals surface area contributed by atoms with Crippen LogP contribution in [-0.4, -0.2) is 40.7 Å². The van der Waals surface area contributed by atoms with Gasteiger partial charge in [0.1, 0.15) is 5.75 Å². The van der Waals surface area contributed by atoms with E-state index in [-0.39, 0.29) is 12.6 Å². The second-order valence-corrected chi connectivity index (χ2v) is 6.16. The van der Waals surface area contributed by atoms with Crippen molar-refractivity contribution in [2.75, 3.05) is 13.7 Å². The molecule has 1 aromatic carbocycles. The van der Waals surface area contributed by atoms with E-state index in [9.17, 15) is 4.79 Å². The first kappa shape index (κ1) is 18.2. The predicted octanol–water partition coefficient (Wildman–Crippen LogP) is 3.26. The summed E-state index contributed by atoms with van der Waals surface area (Å²) in [5.74, 6) is -0.466. The van der Waals surface area contributed by atoms with E-state index in [4.69, 9.17) is 21.4 Å². The van der Waals surface area contributed by atoms with Crippen molar-refractivity contribution in [3.05, 3.63) is 58.9 Å². The Hall–Kier alpha value is -2.11. The maximum atomic E-state index is 10.7. The second kappa shape index (κ2) is 8.66. The van der Waals surface area contributed by atoms with Crippen molar-refractivity contribution in [3.63, 3.8) is 0 Å². The number of carboxylic acids is 1. The molecule has 1 atom stereocenters. The summed E-state index contributed by atoms with van der Waals surface area (Å²) in [5, 5.41) is 9.38. The molecule has 24 heavy (non-hydrogen) atoms. The Bertz CT molecular complexity index is 679. The Balaban J connectivity index is 2.05. The Labute approximate surface area is 146 Å². The summed E-state index contributed by atoms with van der Waals surface area (Å²) in [6.07, 6.45) is 2.61. The van der Waals surface area contributed by atoms with E-state index in [0.717, 1.165) is 17.7 Å². The molecular weight excluding hydrogens is 328 g/mol. The van der Waals surface area contributed by atoms with Gasteiger partial charge in [0.2, 0.25) is 0 Å². The highest BCUT2D eigenvalue weighted by molar-refractivity contribution is 6.30. The zero-order valence-corrected chi connectivity index (χ0v) is 14.5. The summed E-state index contributed by atoms with van der Waals surface area (Å²) in [4.78, 5) is 17.2. The number of pyridine rings is 1.